The van der Waals surface area contributed by atoms with Crippen molar-refractivity contribution in [3.63, 3.8) is 0 Å². The van der Waals surface area contributed by atoms with Crippen molar-refractivity contribution in [1.82, 2.24) is 5.32 Å². The highest BCUT2D eigenvalue weighted by Crippen LogP contribution is 2.14. The lowest BCUT2D eigenvalue weighted by molar-refractivity contribution is 0.151. The number of nitrogens with one attached hydrogen (secondary N) is 1. The van der Waals surface area contributed by atoms with E-state index >= 15 is 0 Å². The predicted molar refractivity (Wildman–Crippen MR) is 62.4 cm³/mol. The van der Waals surface area contributed by atoms with Gasteiger partial charge in [0.05, 0.1) is 12.3 Å². The Morgan fingerprint density at radius 2 is 2.27 bits per heavy atom. The number of aliphatic hydroxyl groups excluding tert-OH is 1. The minimum atomic E-state index is -0.509. The molecule has 1 aromatic rings. The van der Waals surface area contributed by atoms with Crippen molar-refractivity contribution < 1.29 is 9.52 Å². The fraction of sp³-hybridized carbons (Fsp3) is 0.600. The van der Waals surface area contributed by atoms with Crippen LogP contribution in [0.1, 0.15) is 18.4 Å². The van der Waals surface area contributed by atoms with E-state index < -0.39 is 6.23 Å². The maximum absolute atomic E-state index is 9.02. The highest BCUT2D eigenvalue weighted by atomic mass is 32.2. The molecule has 0 aliphatic rings. The number of aliphatic hydroxyl groups is 1. The predicted octanol–water partition coefficient (Wildman–Crippen LogP) is 0.899. The van der Waals surface area contributed by atoms with Crippen LogP contribution >= 0.6 is 11.8 Å². The van der Waals surface area contributed by atoms with E-state index in [0.717, 1.165) is 23.0 Å². The lowest BCUT2D eigenvalue weighted by Gasteiger charge is -2.04. The first kappa shape index (κ1) is 12.6. The number of hydrogen-bond donors (Lipinski definition) is 3. The van der Waals surface area contributed by atoms with Crippen molar-refractivity contribution in [2.75, 3.05) is 12.3 Å². The Hall–Kier alpha value is -0.490. The number of furan rings is 1. The summed E-state index contributed by atoms with van der Waals surface area (Å²) in [5, 5.41) is 11.9. The van der Waals surface area contributed by atoms with Crippen molar-refractivity contribution >= 4 is 11.8 Å². The van der Waals surface area contributed by atoms with Crippen LogP contribution in [0.5, 0.6) is 0 Å². The van der Waals surface area contributed by atoms with Crippen LogP contribution in [-0.2, 0) is 12.3 Å². The molecular formula is C10H18N2O2S. The summed E-state index contributed by atoms with van der Waals surface area (Å²) < 4.78 is 5.55. The van der Waals surface area contributed by atoms with Crippen molar-refractivity contribution in [3.05, 3.63) is 23.7 Å². The van der Waals surface area contributed by atoms with Crippen LogP contribution in [0.3, 0.4) is 0 Å². The van der Waals surface area contributed by atoms with Crippen LogP contribution in [0.15, 0.2) is 16.5 Å². The van der Waals surface area contributed by atoms with Crippen molar-refractivity contribution in [3.8, 4) is 0 Å². The molecule has 15 heavy (non-hydrogen) atoms. The van der Waals surface area contributed by atoms with Gasteiger partial charge in [0.1, 0.15) is 17.7 Å². The van der Waals surface area contributed by atoms with Gasteiger partial charge in [0.15, 0.2) is 0 Å². The maximum atomic E-state index is 9.02. The fourth-order valence-electron chi connectivity index (χ4n) is 1.10. The minimum absolute atomic E-state index is 0.509. The van der Waals surface area contributed by atoms with Crippen LogP contribution in [-0.4, -0.2) is 23.6 Å². The first-order chi connectivity index (χ1) is 7.22. The highest BCUT2D eigenvalue weighted by Gasteiger charge is 2.02. The Morgan fingerprint density at radius 3 is 2.93 bits per heavy atom. The molecule has 1 aromatic heterocycles. The zero-order chi connectivity index (χ0) is 11.1. The van der Waals surface area contributed by atoms with Gasteiger partial charge < -0.3 is 15.3 Å². The number of rotatable bonds is 7. The molecule has 1 heterocycles. The summed E-state index contributed by atoms with van der Waals surface area (Å²) in [6.07, 6.45) is -0.509. The molecule has 1 rings (SSSR count). The number of nitrogens with two attached hydrogens (primary N) is 1. The third-order valence-corrected chi connectivity index (χ3v) is 2.81. The van der Waals surface area contributed by atoms with Gasteiger partial charge in [-0.25, -0.2) is 0 Å². The quantitative estimate of drug-likeness (QED) is 0.479. The average Bonchev–Trinajstić information content (AvgIpc) is 2.63. The molecule has 0 aliphatic carbocycles. The first-order valence-corrected chi connectivity index (χ1v) is 6.14. The summed E-state index contributed by atoms with van der Waals surface area (Å²) in [5.74, 6) is 3.60. The largest absolute Gasteiger partial charge is 0.464 e. The van der Waals surface area contributed by atoms with Gasteiger partial charge in [-0.1, -0.05) is 0 Å². The maximum Gasteiger partial charge on any atom is 0.118 e. The number of hydrogen-bond acceptors (Lipinski definition) is 5. The van der Waals surface area contributed by atoms with E-state index in [1.165, 1.54) is 0 Å². The smallest absolute Gasteiger partial charge is 0.118 e. The summed E-state index contributed by atoms with van der Waals surface area (Å²) >= 11 is 1.76. The van der Waals surface area contributed by atoms with E-state index in [1.807, 2.05) is 12.1 Å². The lowest BCUT2D eigenvalue weighted by atomic mass is 10.4. The normalized spacial score (nSPS) is 13.0. The van der Waals surface area contributed by atoms with E-state index in [2.05, 4.69) is 5.32 Å². The molecule has 1 atom stereocenters. The van der Waals surface area contributed by atoms with Gasteiger partial charge >= 0.3 is 0 Å². The summed E-state index contributed by atoms with van der Waals surface area (Å²) in [4.78, 5) is 0. The monoisotopic (exact) mass is 230 g/mol. The second-order valence-corrected chi connectivity index (χ2v) is 4.37. The van der Waals surface area contributed by atoms with Crippen molar-refractivity contribution in [2.45, 2.75) is 25.4 Å². The van der Waals surface area contributed by atoms with Crippen molar-refractivity contribution in [2.24, 2.45) is 5.73 Å². The molecule has 0 saturated heterocycles. The van der Waals surface area contributed by atoms with E-state index in [-0.39, 0.29) is 0 Å². The molecule has 1 unspecified atom stereocenters. The highest BCUT2D eigenvalue weighted by molar-refractivity contribution is 7.98. The van der Waals surface area contributed by atoms with Gasteiger partial charge in [0, 0.05) is 12.3 Å². The Labute approximate surface area is 94.2 Å². The van der Waals surface area contributed by atoms with E-state index in [9.17, 15) is 0 Å². The average molecular weight is 230 g/mol. The summed E-state index contributed by atoms with van der Waals surface area (Å²) in [6, 6.07) is 3.89. The van der Waals surface area contributed by atoms with Gasteiger partial charge in [-0.15, -0.1) is 0 Å². The molecule has 0 aromatic carbocycles. The second-order valence-electron chi connectivity index (χ2n) is 3.27. The Balaban J connectivity index is 2.29. The first-order valence-electron chi connectivity index (χ1n) is 4.99. The standard InChI is InChI=1S/C10H18N2O2S/c1-8(13)12-6-9-2-3-10(14-9)7-15-5-4-11/h2-3,8,12-13H,4-7,11H2,1H3. The third kappa shape index (κ3) is 5.22. The zero-order valence-corrected chi connectivity index (χ0v) is 9.72. The molecular weight excluding hydrogens is 212 g/mol. The van der Waals surface area contributed by atoms with Gasteiger partial charge in [0.2, 0.25) is 0 Å². The SMILES string of the molecule is CC(O)NCc1ccc(CSCCN)o1. The molecule has 4 N–H and O–H groups in total. The molecule has 0 spiro atoms. The Kier molecular flexibility index (Phi) is 5.78. The van der Waals surface area contributed by atoms with E-state index in [4.69, 9.17) is 15.3 Å². The molecule has 0 saturated carbocycles. The Morgan fingerprint density at radius 1 is 1.53 bits per heavy atom. The molecule has 0 fully saturated rings. The van der Waals surface area contributed by atoms with Gasteiger partial charge in [-0.2, -0.15) is 11.8 Å². The molecule has 5 heteroatoms. The van der Waals surface area contributed by atoms with Crippen LogP contribution in [0.25, 0.3) is 0 Å². The van der Waals surface area contributed by atoms with Gasteiger partial charge in [-0.05, 0) is 19.1 Å². The number of thioether (sulfide) groups is 1. The molecule has 0 amide bonds. The fourth-order valence-corrected chi connectivity index (χ4v) is 1.77. The van der Waals surface area contributed by atoms with E-state index in [0.29, 0.717) is 13.1 Å². The minimum Gasteiger partial charge on any atom is -0.464 e. The van der Waals surface area contributed by atoms with Gasteiger partial charge in [-0.3, -0.25) is 5.32 Å². The molecule has 4 nitrogen and oxygen atoms in total. The Bertz CT molecular complexity index is 276. The van der Waals surface area contributed by atoms with Crippen LogP contribution in [0, 0.1) is 0 Å². The summed E-state index contributed by atoms with van der Waals surface area (Å²) in [5.41, 5.74) is 5.39. The van der Waals surface area contributed by atoms with Crippen LogP contribution < -0.4 is 11.1 Å². The lowest BCUT2D eigenvalue weighted by Crippen LogP contribution is -2.24. The van der Waals surface area contributed by atoms with Crippen LogP contribution in [0.4, 0.5) is 0 Å². The van der Waals surface area contributed by atoms with Gasteiger partial charge in [0.25, 0.3) is 0 Å². The molecule has 0 bridgehead atoms. The second kappa shape index (κ2) is 6.90. The topological polar surface area (TPSA) is 71.4 Å². The van der Waals surface area contributed by atoms with Crippen molar-refractivity contribution in [1.29, 1.82) is 0 Å². The van der Waals surface area contributed by atoms with Crippen LogP contribution in [0.2, 0.25) is 0 Å². The molecule has 0 aliphatic heterocycles. The molecule has 86 valence electrons. The summed E-state index contributed by atoms with van der Waals surface area (Å²) in [6.45, 7) is 2.93. The molecule has 0 radical (unpaired) electrons. The third-order valence-electron chi connectivity index (χ3n) is 1.80. The summed E-state index contributed by atoms with van der Waals surface area (Å²) in [7, 11) is 0. The zero-order valence-electron chi connectivity index (χ0n) is 8.90. The van der Waals surface area contributed by atoms with E-state index in [1.54, 1.807) is 18.7 Å².